The molecule has 1 aliphatic rings. The van der Waals surface area contributed by atoms with Crippen molar-refractivity contribution < 1.29 is 13.9 Å². The number of aryl methyl sites for hydroxylation is 1. The Hall–Kier alpha value is -4.59. The van der Waals surface area contributed by atoms with Gasteiger partial charge in [-0.1, -0.05) is 42.5 Å². The molecule has 0 aliphatic carbocycles. The van der Waals surface area contributed by atoms with Gasteiger partial charge in [-0.05, 0) is 35.9 Å². The molecule has 8 heteroatoms. The maximum Gasteiger partial charge on any atom is 0.410 e. The minimum Gasteiger partial charge on any atom is -0.445 e. The Kier molecular flexibility index (Phi) is 5.84. The summed E-state index contributed by atoms with van der Waals surface area (Å²) >= 11 is 0. The number of carbonyl (C=O) groups excluding carboxylic acids is 1. The molecule has 1 fully saturated rings. The number of hydrogen-bond acceptors (Lipinski definition) is 6. The summed E-state index contributed by atoms with van der Waals surface area (Å²) in [4.78, 5) is 34.0. The number of benzene rings is 3. The standard InChI is InChI=1S/C29H26N4O4/c1-31-25-10-6-5-9-24(25)30-27(31)23-17-21-11-12-22(18-26(21)37-28(23)34)32-13-15-33(16-14-32)29(35)36-19-20-7-3-2-4-8-20/h2-12,17-18H,13-16,19H2,1H3. The van der Waals surface area contributed by atoms with Crippen LogP contribution in [0.25, 0.3) is 33.4 Å². The maximum absolute atomic E-state index is 12.9. The second-order valence-corrected chi connectivity index (χ2v) is 9.17. The van der Waals surface area contributed by atoms with Crippen LogP contribution in [0.5, 0.6) is 0 Å². The number of piperazine rings is 1. The number of carbonyl (C=O) groups is 1. The second kappa shape index (κ2) is 9.46. The third-order valence-electron chi connectivity index (χ3n) is 6.86. The van der Waals surface area contributed by atoms with Crippen molar-refractivity contribution in [2.75, 3.05) is 31.1 Å². The van der Waals surface area contributed by atoms with Crippen LogP contribution in [0, 0.1) is 0 Å². The molecule has 1 saturated heterocycles. The molecule has 0 unspecified atom stereocenters. The van der Waals surface area contributed by atoms with E-state index >= 15 is 0 Å². The third kappa shape index (κ3) is 4.42. The van der Waals surface area contributed by atoms with E-state index < -0.39 is 5.63 Å². The minimum absolute atomic E-state index is 0.264. The highest BCUT2D eigenvalue weighted by molar-refractivity contribution is 5.86. The summed E-state index contributed by atoms with van der Waals surface area (Å²) in [5, 5.41) is 0.827. The zero-order valence-corrected chi connectivity index (χ0v) is 20.5. The molecule has 0 bridgehead atoms. The van der Waals surface area contributed by atoms with Gasteiger partial charge in [0.15, 0.2) is 0 Å². The molecule has 3 aromatic carbocycles. The third-order valence-corrected chi connectivity index (χ3v) is 6.86. The van der Waals surface area contributed by atoms with Crippen LogP contribution in [-0.4, -0.2) is 46.7 Å². The lowest BCUT2D eigenvalue weighted by Crippen LogP contribution is -2.48. The van der Waals surface area contributed by atoms with Gasteiger partial charge in [0.1, 0.15) is 23.6 Å². The lowest BCUT2D eigenvalue weighted by atomic mass is 10.1. The van der Waals surface area contributed by atoms with Gasteiger partial charge in [-0.25, -0.2) is 14.6 Å². The summed E-state index contributed by atoms with van der Waals surface area (Å²) in [5.41, 5.74) is 4.23. The van der Waals surface area contributed by atoms with Gasteiger partial charge in [0, 0.05) is 50.4 Å². The highest BCUT2D eigenvalue weighted by Gasteiger charge is 2.23. The molecule has 1 amide bonds. The number of amides is 1. The Morgan fingerprint density at radius 2 is 1.70 bits per heavy atom. The first-order valence-electron chi connectivity index (χ1n) is 12.3. The smallest absolute Gasteiger partial charge is 0.410 e. The molecule has 0 radical (unpaired) electrons. The molecule has 0 N–H and O–H groups in total. The molecule has 0 saturated carbocycles. The van der Waals surface area contributed by atoms with Crippen LogP contribution < -0.4 is 10.5 Å². The van der Waals surface area contributed by atoms with Crippen LogP contribution in [0.1, 0.15) is 5.56 Å². The predicted octanol–water partition coefficient (Wildman–Crippen LogP) is 4.81. The Bertz CT molecular complexity index is 1650. The highest BCUT2D eigenvalue weighted by Crippen LogP contribution is 2.27. The van der Waals surface area contributed by atoms with Crippen molar-refractivity contribution in [3.8, 4) is 11.4 Å². The van der Waals surface area contributed by atoms with Crippen LogP contribution in [0.2, 0.25) is 0 Å². The summed E-state index contributed by atoms with van der Waals surface area (Å²) in [6.45, 7) is 2.70. The van der Waals surface area contributed by atoms with Crippen molar-refractivity contribution in [1.29, 1.82) is 0 Å². The first kappa shape index (κ1) is 22.8. The fourth-order valence-corrected chi connectivity index (χ4v) is 4.80. The summed E-state index contributed by atoms with van der Waals surface area (Å²) in [6.07, 6.45) is -0.303. The predicted molar refractivity (Wildman–Crippen MR) is 143 cm³/mol. The van der Waals surface area contributed by atoms with E-state index in [1.165, 1.54) is 0 Å². The van der Waals surface area contributed by atoms with Crippen LogP contribution >= 0.6 is 0 Å². The van der Waals surface area contributed by atoms with Gasteiger partial charge < -0.3 is 23.5 Å². The molecule has 37 heavy (non-hydrogen) atoms. The monoisotopic (exact) mass is 494 g/mol. The van der Waals surface area contributed by atoms with Crippen molar-refractivity contribution in [1.82, 2.24) is 14.5 Å². The number of ether oxygens (including phenoxy) is 1. The molecule has 0 spiro atoms. The Morgan fingerprint density at radius 3 is 2.49 bits per heavy atom. The van der Waals surface area contributed by atoms with E-state index in [-0.39, 0.29) is 12.7 Å². The van der Waals surface area contributed by atoms with Gasteiger partial charge in [0.25, 0.3) is 0 Å². The van der Waals surface area contributed by atoms with Crippen molar-refractivity contribution in [2.45, 2.75) is 6.61 Å². The number of imidazole rings is 1. The average Bonchev–Trinajstić information content (AvgIpc) is 3.27. The zero-order valence-electron chi connectivity index (χ0n) is 20.5. The van der Waals surface area contributed by atoms with Crippen LogP contribution in [0.4, 0.5) is 10.5 Å². The first-order chi connectivity index (χ1) is 18.1. The SMILES string of the molecule is Cn1c(-c2cc3ccc(N4CCN(C(=O)OCc5ccccc5)CC4)cc3oc2=O)nc2ccccc21. The Labute approximate surface area is 213 Å². The second-order valence-electron chi connectivity index (χ2n) is 9.17. The summed E-state index contributed by atoms with van der Waals surface area (Å²) in [6, 6.07) is 25.1. The van der Waals surface area contributed by atoms with E-state index in [4.69, 9.17) is 9.15 Å². The lowest BCUT2D eigenvalue weighted by molar-refractivity contribution is 0.0942. The Balaban J connectivity index is 1.16. The average molecular weight is 495 g/mol. The molecule has 6 rings (SSSR count). The van der Waals surface area contributed by atoms with Crippen LogP contribution in [-0.2, 0) is 18.4 Å². The van der Waals surface area contributed by atoms with Crippen molar-refractivity contribution in [3.05, 3.63) is 94.8 Å². The fraction of sp³-hybridized carbons (Fsp3) is 0.207. The largest absolute Gasteiger partial charge is 0.445 e. The number of fused-ring (bicyclic) bond motifs is 2. The number of anilines is 1. The Morgan fingerprint density at radius 1 is 0.946 bits per heavy atom. The van der Waals surface area contributed by atoms with Crippen molar-refractivity contribution >= 4 is 33.8 Å². The minimum atomic E-state index is -0.422. The molecular weight excluding hydrogens is 468 g/mol. The van der Waals surface area contributed by atoms with E-state index in [1.807, 2.05) is 90.5 Å². The molecule has 2 aromatic heterocycles. The van der Waals surface area contributed by atoms with Gasteiger partial charge in [-0.2, -0.15) is 0 Å². The number of aromatic nitrogens is 2. The van der Waals surface area contributed by atoms with Gasteiger partial charge in [0.05, 0.1) is 11.0 Å². The molecule has 186 valence electrons. The summed E-state index contributed by atoms with van der Waals surface area (Å²) in [5.74, 6) is 0.580. The quantitative estimate of drug-likeness (QED) is 0.334. The van der Waals surface area contributed by atoms with Gasteiger partial charge in [-0.3, -0.25) is 0 Å². The van der Waals surface area contributed by atoms with Crippen molar-refractivity contribution in [2.24, 2.45) is 7.05 Å². The van der Waals surface area contributed by atoms with Crippen LogP contribution in [0.3, 0.4) is 0 Å². The van der Waals surface area contributed by atoms with E-state index in [2.05, 4.69) is 9.88 Å². The number of hydrogen-bond donors (Lipinski definition) is 0. The van der Waals surface area contributed by atoms with E-state index in [0.29, 0.717) is 43.1 Å². The fourth-order valence-electron chi connectivity index (χ4n) is 4.80. The molecular formula is C29H26N4O4. The van der Waals surface area contributed by atoms with Crippen LogP contribution in [0.15, 0.2) is 88.1 Å². The van der Waals surface area contributed by atoms with E-state index in [0.717, 1.165) is 27.7 Å². The molecule has 1 aliphatic heterocycles. The highest BCUT2D eigenvalue weighted by atomic mass is 16.6. The summed E-state index contributed by atoms with van der Waals surface area (Å²) in [7, 11) is 1.90. The van der Waals surface area contributed by atoms with Crippen molar-refractivity contribution in [3.63, 3.8) is 0 Å². The normalized spacial score (nSPS) is 13.9. The number of nitrogens with zero attached hydrogens (tertiary/aromatic N) is 4. The number of para-hydroxylation sites is 2. The molecule has 3 heterocycles. The molecule has 8 nitrogen and oxygen atoms in total. The topological polar surface area (TPSA) is 80.8 Å². The first-order valence-corrected chi connectivity index (χ1v) is 12.3. The molecule has 5 aromatic rings. The maximum atomic E-state index is 12.9. The van der Waals surface area contributed by atoms with Gasteiger partial charge in [0.2, 0.25) is 0 Å². The lowest BCUT2D eigenvalue weighted by Gasteiger charge is -2.35. The summed E-state index contributed by atoms with van der Waals surface area (Å²) < 4.78 is 13.1. The van der Waals surface area contributed by atoms with Gasteiger partial charge >= 0.3 is 11.7 Å². The van der Waals surface area contributed by atoms with E-state index in [1.54, 1.807) is 4.90 Å². The molecule has 0 atom stereocenters. The van der Waals surface area contributed by atoms with E-state index in [9.17, 15) is 9.59 Å². The zero-order chi connectivity index (χ0) is 25.4. The van der Waals surface area contributed by atoms with Gasteiger partial charge in [-0.15, -0.1) is 0 Å². The number of rotatable bonds is 4.